The van der Waals surface area contributed by atoms with E-state index in [4.69, 9.17) is 5.11 Å². The molecule has 1 aromatic heterocycles. The maximum Gasteiger partial charge on any atom is 0.335 e. The monoisotopic (exact) mass is 312 g/mol. The average Bonchev–Trinajstić information content (AvgIpc) is 2.50. The van der Waals surface area contributed by atoms with Crippen LogP contribution in [0.4, 0.5) is 0 Å². The Balaban J connectivity index is 1.95. The molecule has 0 saturated carbocycles. The zero-order valence-electron chi connectivity index (χ0n) is 13.4. The highest BCUT2D eigenvalue weighted by Gasteiger charge is 2.28. The van der Waals surface area contributed by atoms with Crippen molar-refractivity contribution in [2.75, 3.05) is 0 Å². The summed E-state index contributed by atoms with van der Waals surface area (Å²) in [5.74, 6) is -0.968. The first-order chi connectivity index (χ1) is 10.9. The van der Waals surface area contributed by atoms with Gasteiger partial charge in [-0.05, 0) is 42.4 Å². The lowest BCUT2D eigenvalue weighted by Crippen LogP contribution is -2.33. The third-order valence-corrected chi connectivity index (χ3v) is 4.44. The average molecular weight is 312 g/mol. The number of aromatic nitrogens is 2. The van der Waals surface area contributed by atoms with Crippen LogP contribution in [0.15, 0.2) is 35.4 Å². The Morgan fingerprint density at radius 2 is 2.17 bits per heavy atom. The van der Waals surface area contributed by atoms with E-state index in [1.807, 2.05) is 6.07 Å². The van der Waals surface area contributed by atoms with Crippen molar-refractivity contribution in [3.05, 3.63) is 63.3 Å². The summed E-state index contributed by atoms with van der Waals surface area (Å²) in [6.45, 7) is 4.67. The maximum absolute atomic E-state index is 12.7. The van der Waals surface area contributed by atoms with Crippen LogP contribution in [0, 0.1) is 5.41 Å². The van der Waals surface area contributed by atoms with Gasteiger partial charge in [-0.2, -0.15) is 0 Å². The van der Waals surface area contributed by atoms with E-state index >= 15 is 0 Å². The van der Waals surface area contributed by atoms with Gasteiger partial charge in [0.2, 0.25) is 0 Å². The summed E-state index contributed by atoms with van der Waals surface area (Å²) in [4.78, 5) is 28.2. The molecule has 1 aromatic carbocycles. The lowest BCUT2D eigenvalue weighted by atomic mass is 9.76. The molecular formula is C18H20N2O3. The zero-order valence-corrected chi connectivity index (χ0v) is 13.4. The molecule has 0 bridgehead atoms. The van der Waals surface area contributed by atoms with E-state index in [9.17, 15) is 9.59 Å². The highest BCUT2D eigenvalue weighted by atomic mass is 16.4. The first kappa shape index (κ1) is 15.5. The molecule has 23 heavy (non-hydrogen) atoms. The van der Waals surface area contributed by atoms with Gasteiger partial charge in [-0.1, -0.05) is 26.0 Å². The smallest absolute Gasteiger partial charge is 0.335 e. The molecule has 1 aliphatic rings. The SMILES string of the molecule is CC1(C)CCc2ncn(Cc3cccc(C(=O)O)c3)c(=O)c2C1. The number of aromatic carboxylic acids is 1. The van der Waals surface area contributed by atoms with Crippen LogP contribution in [0.1, 0.15) is 47.4 Å². The van der Waals surface area contributed by atoms with Crippen LogP contribution in [-0.4, -0.2) is 20.6 Å². The van der Waals surface area contributed by atoms with Crippen LogP contribution in [0.5, 0.6) is 0 Å². The number of hydrogen-bond acceptors (Lipinski definition) is 3. The van der Waals surface area contributed by atoms with Crippen LogP contribution in [0.25, 0.3) is 0 Å². The quantitative estimate of drug-likeness (QED) is 0.945. The van der Waals surface area contributed by atoms with E-state index in [2.05, 4.69) is 18.8 Å². The fourth-order valence-corrected chi connectivity index (χ4v) is 3.10. The summed E-state index contributed by atoms with van der Waals surface area (Å²) in [5.41, 5.74) is 2.83. The Labute approximate surface area is 134 Å². The van der Waals surface area contributed by atoms with Gasteiger partial charge < -0.3 is 5.11 Å². The number of carboxylic acids is 1. The van der Waals surface area contributed by atoms with Gasteiger partial charge in [0.1, 0.15) is 0 Å². The van der Waals surface area contributed by atoms with Gasteiger partial charge in [0.05, 0.1) is 24.1 Å². The number of aryl methyl sites for hydroxylation is 1. The van der Waals surface area contributed by atoms with Crippen molar-refractivity contribution >= 4 is 5.97 Å². The predicted molar refractivity (Wildman–Crippen MR) is 86.8 cm³/mol. The minimum atomic E-state index is -0.968. The Bertz CT molecular complexity index is 821. The summed E-state index contributed by atoms with van der Waals surface area (Å²) in [6.07, 6.45) is 4.20. The van der Waals surface area contributed by atoms with E-state index in [1.165, 1.54) is 0 Å². The van der Waals surface area contributed by atoms with Crippen LogP contribution < -0.4 is 5.56 Å². The molecule has 0 amide bonds. The van der Waals surface area contributed by atoms with Crippen LogP contribution >= 0.6 is 0 Å². The van der Waals surface area contributed by atoms with Gasteiger partial charge in [-0.15, -0.1) is 0 Å². The number of benzene rings is 1. The van der Waals surface area contributed by atoms with E-state index < -0.39 is 5.97 Å². The van der Waals surface area contributed by atoms with Gasteiger partial charge in [0, 0.05) is 5.56 Å². The predicted octanol–water partition coefficient (Wildman–Crippen LogP) is 2.50. The number of hydrogen-bond donors (Lipinski definition) is 1. The number of carboxylic acid groups (broad SMARTS) is 1. The molecular weight excluding hydrogens is 292 g/mol. The first-order valence-electron chi connectivity index (χ1n) is 7.75. The van der Waals surface area contributed by atoms with Crippen molar-refractivity contribution in [3.8, 4) is 0 Å². The lowest BCUT2D eigenvalue weighted by Gasteiger charge is -2.30. The molecule has 0 spiro atoms. The second-order valence-electron chi connectivity index (χ2n) is 6.95. The van der Waals surface area contributed by atoms with Crippen molar-refractivity contribution in [1.29, 1.82) is 0 Å². The third kappa shape index (κ3) is 3.18. The molecule has 1 aliphatic carbocycles. The van der Waals surface area contributed by atoms with Crippen molar-refractivity contribution in [2.24, 2.45) is 5.41 Å². The number of nitrogens with zero attached hydrogens (tertiary/aromatic N) is 2. The molecule has 0 saturated heterocycles. The molecule has 0 atom stereocenters. The first-order valence-corrected chi connectivity index (χ1v) is 7.75. The fraction of sp³-hybridized carbons (Fsp3) is 0.389. The fourth-order valence-electron chi connectivity index (χ4n) is 3.10. The highest BCUT2D eigenvalue weighted by Crippen LogP contribution is 2.32. The van der Waals surface area contributed by atoms with E-state index in [-0.39, 0.29) is 16.5 Å². The second kappa shape index (κ2) is 5.65. The molecule has 0 radical (unpaired) electrons. The highest BCUT2D eigenvalue weighted by molar-refractivity contribution is 5.87. The van der Waals surface area contributed by atoms with Crippen molar-refractivity contribution in [2.45, 2.75) is 39.7 Å². The summed E-state index contributed by atoms with van der Waals surface area (Å²) in [6, 6.07) is 6.65. The van der Waals surface area contributed by atoms with E-state index in [1.54, 1.807) is 29.1 Å². The molecule has 1 heterocycles. The Morgan fingerprint density at radius 1 is 1.39 bits per heavy atom. The Morgan fingerprint density at radius 3 is 2.91 bits per heavy atom. The normalized spacial score (nSPS) is 15.9. The molecule has 0 unspecified atom stereocenters. The van der Waals surface area contributed by atoms with Gasteiger partial charge in [0.25, 0.3) is 5.56 Å². The number of fused-ring (bicyclic) bond motifs is 1. The van der Waals surface area contributed by atoms with E-state index in [0.717, 1.165) is 36.1 Å². The molecule has 5 nitrogen and oxygen atoms in total. The molecule has 5 heteroatoms. The summed E-state index contributed by atoms with van der Waals surface area (Å²) < 4.78 is 1.57. The molecule has 2 aromatic rings. The zero-order chi connectivity index (χ0) is 16.6. The van der Waals surface area contributed by atoms with Crippen LogP contribution in [-0.2, 0) is 19.4 Å². The summed E-state index contributed by atoms with van der Waals surface area (Å²) >= 11 is 0. The lowest BCUT2D eigenvalue weighted by molar-refractivity contribution is 0.0696. The van der Waals surface area contributed by atoms with Gasteiger partial charge >= 0.3 is 5.97 Å². The standard InChI is InChI=1S/C18H20N2O3/c1-18(2)7-6-15-14(9-18)16(21)20(11-19-15)10-12-4-3-5-13(8-12)17(22)23/h3-5,8,11H,6-7,9-10H2,1-2H3,(H,22,23). The minimum Gasteiger partial charge on any atom is -0.478 e. The van der Waals surface area contributed by atoms with Crippen molar-refractivity contribution < 1.29 is 9.90 Å². The van der Waals surface area contributed by atoms with Crippen LogP contribution in [0.3, 0.4) is 0 Å². The molecule has 1 N–H and O–H groups in total. The van der Waals surface area contributed by atoms with Crippen LogP contribution in [0.2, 0.25) is 0 Å². The topological polar surface area (TPSA) is 72.2 Å². The van der Waals surface area contributed by atoms with E-state index in [0.29, 0.717) is 6.54 Å². The van der Waals surface area contributed by atoms with Gasteiger partial charge in [-0.25, -0.2) is 9.78 Å². The summed E-state index contributed by atoms with van der Waals surface area (Å²) in [7, 11) is 0. The number of carbonyl (C=O) groups is 1. The second-order valence-corrected chi connectivity index (χ2v) is 6.95. The molecule has 120 valence electrons. The largest absolute Gasteiger partial charge is 0.478 e. The minimum absolute atomic E-state index is 0.0106. The van der Waals surface area contributed by atoms with Crippen molar-refractivity contribution in [3.63, 3.8) is 0 Å². The Kier molecular flexibility index (Phi) is 3.80. The molecule has 0 fully saturated rings. The molecule has 3 rings (SSSR count). The number of rotatable bonds is 3. The van der Waals surface area contributed by atoms with Gasteiger partial charge in [-0.3, -0.25) is 9.36 Å². The van der Waals surface area contributed by atoms with Gasteiger partial charge in [0.15, 0.2) is 0 Å². The summed E-state index contributed by atoms with van der Waals surface area (Å²) in [5, 5.41) is 9.06. The Hall–Kier alpha value is -2.43. The van der Waals surface area contributed by atoms with Crippen molar-refractivity contribution in [1.82, 2.24) is 9.55 Å². The molecule has 0 aliphatic heterocycles. The third-order valence-electron chi connectivity index (χ3n) is 4.44. The maximum atomic E-state index is 12.7.